The Balaban J connectivity index is 0.000000154. The summed E-state index contributed by atoms with van der Waals surface area (Å²) >= 11 is 0. The molecule has 0 saturated heterocycles. The molecule has 0 aromatic heterocycles. The van der Waals surface area contributed by atoms with Gasteiger partial charge in [-0.25, -0.2) is 9.59 Å². The zero-order valence-corrected chi connectivity index (χ0v) is 77.9. The van der Waals surface area contributed by atoms with Crippen LogP contribution in [0.25, 0.3) is 165 Å². The van der Waals surface area contributed by atoms with Crippen molar-refractivity contribution in [3.63, 3.8) is 0 Å². The molecule has 0 spiro atoms. The molecule has 0 radical (unpaired) electrons. The predicted octanol–water partition coefficient (Wildman–Crippen LogP) is 35.7. The van der Waals surface area contributed by atoms with Gasteiger partial charge in [-0.1, -0.05) is 429 Å². The van der Waals surface area contributed by atoms with E-state index in [0.29, 0.717) is 64.0 Å². The highest BCUT2D eigenvalue weighted by atomic mass is 16.7. The average Bonchev–Trinajstić information content (AvgIpc) is 0.735. The number of unbranched alkanes of at least 4 members (excludes halogenated alkanes) is 4. The number of hydrogen-bond donors (Lipinski definition) is 3. The second kappa shape index (κ2) is 43.7. The fourth-order valence-corrected chi connectivity index (χ4v) is 20.7. The van der Waals surface area contributed by atoms with Crippen molar-refractivity contribution >= 4 is 76.9 Å². The van der Waals surface area contributed by atoms with Crippen LogP contribution in [0.1, 0.15) is 134 Å². The lowest BCUT2D eigenvalue weighted by Crippen LogP contribution is -2.36. The molecular formula is C127H124O10. The second-order valence-corrected chi connectivity index (χ2v) is 37.3. The van der Waals surface area contributed by atoms with E-state index in [1.54, 1.807) is 0 Å². The topological polar surface area (TPSA) is 141 Å². The Kier molecular flexibility index (Phi) is 30.5. The van der Waals surface area contributed by atoms with Gasteiger partial charge in [0.2, 0.25) is 0 Å². The third-order valence-electron chi connectivity index (χ3n) is 27.6. The van der Waals surface area contributed by atoms with Crippen LogP contribution in [0.15, 0.2) is 364 Å². The molecule has 10 heteroatoms. The number of aromatic hydroxyl groups is 3. The van der Waals surface area contributed by atoms with Gasteiger partial charge in [0.25, 0.3) is 0 Å². The van der Waals surface area contributed by atoms with Crippen molar-refractivity contribution in [2.45, 2.75) is 146 Å². The summed E-state index contributed by atoms with van der Waals surface area (Å²) in [6.07, 6.45) is 9.62. The van der Waals surface area contributed by atoms with Gasteiger partial charge in [-0.15, -0.1) is 0 Å². The molecule has 137 heavy (non-hydrogen) atoms. The molecule has 2 saturated carbocycles. The van der Waals surface area contributed by atoms with Crippen molar-refractivity contribution in [1.82, 2.24) is 0 Å². The highest BCUT2D eigenvalue weighted by Crippen LogP contribution is 2.58. The lowest BCUT2D eigenvalue weighted by Gasteiger charge is -2.36. The van der Waals surface area contributed by atoms with E-state index in [1.807, 2.05) is 224 Å². The van der Waals surface area contributed by atoms with E-state index in [4.69, 9.17) is 23.7 Å². The van der Waals surface area contributed by atoms with Crippen LogP contribution in [0.2, 0.25) is 0 Å². The zero-order chi connectivity index (χ0) is 93.0. The fourth-order valence-electron chi connectivity index (χ4n) is 20.7. The maximum atomic E-state index is 14.4. The van der Waals surface area contributed by atoms with Gasteiger partial charge in [0.1, 0.15) is 35.2 Å². The first-order valence-corrected chi connectivity index (χ1v) is 48.2. The molecule has 6 atom stereocenters. The molecule has 2 aliphatic carbocycles. The minimum atomic E-state index is -0.744. The van der Waals surface area contributed by atoms with Gasteiger partial charge in [-0.3, -0.25) is 0 Å². The molecule has 0 amide bonds. The standard InChI is InChI=1S/C54H58O6.C39H36O2.C32H22O2.2CH4/c1-33(2)41-27-25-35(5)29-47(41)57-53(55)59-51-43-23-15-13-21-39(43)31-45(37-17-9-7-10-18-37)49(51)50-46(38-19-11-8-12-20-38)32-40-22-14-16-24-44(40)52(50)60-54(56)58-48-30-36(6)26-28-42(48)34(3)4;1-2-3-4-5-16-25-41-39-33-24-15-13-22-31(33)27-35(29-19-10-7-11-20-29)37(39)36-34(28-17-8-6-9-18-28)26-30-21-12-14-23-32(30)38(36)40;33-31-25-17-9-7-15-23(25)19-27(21-11-3-1-4-12-21)29(31)30-28(22-13-5-2-6-14-22)20-24-16-8-10-18-26(24)32(30)34;;/h7-24,31-36,41-42,47-48H,25-30H2,1-6H3;6-15,17-24,26-27,40H,2-5,16,25H2,1H3;1-20,33-34H;2*1H4/t35-,36-,41+,42+,47-,48-;;;;/m1..../s1. The molecule has 692 valence electrons. The van der Waals surface area contributed by atoms with Crippen LogP contribution in [0.5, 0.6) is 34.5 Å². The van der Waals surface area contributed by atoms with Gasteiger partial charge < -0.3 is 39.0 Å². The van der Waals surface area contributed by atoms with Gasteiger partial charge in [0.15, 0.2) is 11.5 Å². The van der Waals surface area contributed by atoms with Crippen molar-refractivity contribution in [1.29, 1.82) is 0 Å². The summed E-state index contributed by atoms with van der Waals surface area (Å²) in [4.78, 5) is 28.9. The first kappa shape index (κ1) is 95.4. The summed E-state index contributed by atoms with van der Waals surface area (Å²) in [5, 5.41) is 46.2. The molecule has 2 aliphatic rings. The van der Waals surface area contributed by atoms with Gasteiger partial charge in [-0.05, 0) is 203 Å². The van der Waals surface area contributed by atoms with Crippen LogP contribution in [0.3, 0.4) is 0 Å². The maximum Gasteiger partial charge on any atom is 0.514 e. The number of ether oxygens (including phenoxy) is 5. The summed E-state index contributed by atoms with van der Waals surface area (Å²) in [5.74, 6) is 4.18. The molecule has 2 fully saturated rings. The van der Waals surface area contributed by atoms with E-state index in [-0.39, 0.29) is 56.1 Å². The smallest absolute Gasteiger partial charge is 0.507 e. The first-order valence-electron chi connectivity index (χ1n) is 48.2. The minimum Gasteiger partial charge on any atom is -0.507 e. The number of phenols is 3. The third kappa shape index (κ3) is 20.6. The van der Waals surface area contributed by atoms with Crippen LogP contribution in [0, 0.1) is 35.5 Å². The molecule has 0 bridgehead atoms. The van der Waals surface area contributed by atoms with E-state index in [1.165, 1.54) is 19.3 Å². The number of rotatable bonds is 22. The summed E-state index contributed by atoms with van der Waals surface area (Å²) < 4.78 is 32.8. The van der Waals surface area contributed by atoms with Crippen LogP contribution in [-0.2, 0) is 9.47 Å². The number of phenolic OH excluding ortho intramolecular Hbond substituents is 3. The molecule has 18 aromatic rings. The van der Waals surface area contributed by atoms with Crippen molar-refractivity contribution in [2.24, 2.45) is 35.5 Å². The quantitative estimate of drug-likeness (QED) is 0.0341. The Morgan fingerprint density at radius 2 is 0.526 bits per heavy atom. The number of carbonyl (C=O) groups is 2. The summed E-state index contributed by atoms with van der Waals surface area (Å²) in [7, 11) is 0. The highest BCUT2D eigenvalue weighted by Gasteiger charge is 2.39. The van der Waals surface area contributed by atoms with E-state index in [0.717, 1.165) is 200 Å². The highest BCUT2D eigenvalue weighted by molar-refractivity contribution is 6.15. The van der Waals surface area contributed by atoms with Gasteiger partial charge >= 0.3 is 12.3 Å². The molecule has 20 rings (SSSR count). The lowest BCUT2D eigenvalue weighted by atomic mass is 9.75. The summed E-state index contributed by atoms with van der Waals surface area (Å²) in [6, 6.07) is 122. The van der Waals surface area contributed by atoms with Crippen LogP contribution < -0.4 is 14.2 Å². The zero-order valence-electron chi connectivity index (χ0n) is 77.9. The van der Waals surface area contributed by atoms with Crippen LogP contribution >= 0.6 is 0 Å². The van der Waals surface area contributed by atoms with E-state index in [9.17, 15) is 24.9 Å². The van der Waals surface area contributed by atoms with E-state index in [2.05, 4.69) is 188 Å². The molecule has 0 unspecified atom stereocenters. The van der Waals surface area contributed by atoms with E-state index < -0.39 is 12.3 Å². The summed E-state index contributed by atoms with van der Waals surface area (Å²) in [6.45, 7) is 16.1. The van der Waals surface area contributed by atoms with Crippen molar-refractivity contribution in [2.75, 3.05) is 6.61 Å². The normalized spacial score (nSPS) is 15.7. The van der Waals surface area contributed by atoms with Gasteiger partial charge in [-0.2, -0.15) is 0 Å². The van der Waals surface area contributed by atoms with Crippen molar-refractivity contribution in [3.8, 4) is 135 Å². The Hall–Kier alpha value is -14.7. The fraction of sp³-hybridized carbons (Fsp3) is 0.228. The van der Waals surface area contributed by atoms with Crippen molar-refractivity contribution in [3.05, 3.63) is 364 Å². The molecule has 0 heterocycles. The molecule has 0 aliphatic heterocycles. The second-order valence-electron chi connectivity index (χ2n) is 37.3. The number of hydrogen-bond acceptors (Lipinski definition) is 10. The molecule has 10 nitrogen and oxygen atoms in total. The minimum absolute atomic E-state index is 0. The first-order chi connectivity index (χ1) is 66.0. The number of fused-ring (bicyclic) bond motifs is 6. The third-order valence-corrected chi connectivity index (χ3v) is 27.6. The lowest BCUT2D eigenvalue weighted by molar-refractivity contribution is -0.0143. The summed E-state index contributed by atoms with van der Waals surface area (Å²) in [5.41, 5.74) is 15.6. The number of carbonyl (C=O) groups excluding carboxylic acids is 2. The largest absolute Gasteiger partial charge is 0.514 e. The Morgan fingerprint density at radius 3 is 0.810 bits per heavy atom. The Bertz CT molecular complexity index is 6940. The van der Waals surface area contributed by atoms with Gasteiger partial charge in [0, 0.05) is 65.7 Å². The monoisotopic (exact) mass is 1810 g/mol. The van der Waals surface area contributed by atoms with Crippen molar-refractivity contribution < 1.29 is 48.6 Å². The average molecular weight is 1810 g/mol. The number of benzene rings is 18. The van der Waals surface area contributed by atoms with Crippen LogP contribution in [0.4, 0.5) is 9.59 Å². The van der Waals surface area contributed by atoms with Gasteiger partial charge in [0.05, 0.1) is 6.61 Å². The SMILES string of the molecule is C.C.CC(C)[C@@H]1CC[C@@H](C)C[C@H]1OC(=O)Oc1c(-c2c(-c3ccccc3)cc3ccccc3c2OC(=O)O[C@@H]2C[C@H](C)CC[C@H]2C(C)C)c(-c2ccccc2)cc2ccccc12.CCCCCCCOc1c(-c2c(-c3ccccc3)cc3ccccc3c2O)c(-c2ccccc2)cc2ccccc12.Oc1c(-c2c(-c3ccccc3)cc3ccccc3c2O)c(-c2ccccc2)cc2ccccc12. The van der Waals surface area contributed by atoms with Crippen LogP contribution in [-0.4, -0.2) is 46.4 Å². The Morgan fingerprint density at radius 1 is 0.292 bits per heavy atom. The molecule has 3 N–H and O–H groups in total. The molecular weight excluding hydrogens is 1690 g/mol. The molecule has 18 aromatic carbocycles. The predicted molar refractivity (Wildman–Crippen MR) is 570 cm³/mol. The Labute approximate surface area is 807 Å². The van der Waals surface area contributed by atoms with E-state index >= 15 is 0 Å². The maximum absolute atomic E-state index is 14.4.